The van der Waals surface area contributed by atoms with Gasteiger partial charge >= 0.3 is 0 Å². The second-order valence-corrected chi connectivity index (χ2v) is 5.77. The Morgan fingerprint density at radius 3 is 2.86 bits per heavy atom. The molecule has 1 saturated heterocycles. The van der Waals surface area contributed by atoms with E-state index in [9.17, 15) is 0 Å². The van der Waals surface area contributed by atoms with Crippen LogP contribution in [0.2, 0.25) is 0 Å². The van der Waals surface area contributed by atoms with Crippen molar-refractivity contribution >= 4 is 0 Å². The fourth-order valence-corrected chi connectivity index (χ4v) is 3.02. The van der Waals surface area contributed by atoms with Crippen LogP contribution in [0, 0.1) is 0 Å². The predicted octanol–water partition coefficient (Wildman–Crippen LogP) is 2.00. The van der Waals surface area contributed by atoms with Gasteiger partial charge in [-0.1, -0.05) is 30.3 Å². The Morgan fingerprint density at radius 2 is 2.10 bits per heavy atom. The summed E-state index contributed by atoms with van der Waals surface area (Å²) in [5, 5.41) is 7.92. The van der Waals surface area contributed by atoms with Crippen molar-refractivity contribution in [2.75, 3.05) is 26.2 Å². The van der Waals surface area contributed by atoms with Crippen molar-refractivity contribution in [3.05, 3.63) is 53.9 Å². The first-order chi connectivity index (χ1) is 10.3. The summed E-state index contributed by atoms with van der Waals surface area (Å²) in [5.74, 6) is 0. The number of nitrogens with one attached hydrogen (secondary N) is 1. The van der Waals surface area contributed by atoms with Gasteiger partial charge in [0.2, 0.25) is 0 Å². The minimum atomic E-state index is 0.445. The summed E-state index contributed by atoms with van der Waals surface area (Å²) in [4.78, 5) is 2.57. The van der Waals surface area contributed by atoms with E-state index in [1.807, 2.05) is 17.9 Å². The molecule has 2 heterocycles. The Kier molecular flexibility index (Phi) is 4.68. The molecule has 1 fully saturated rings. The van der Waals surface area contributed by atoms with Crippen LogP contribution in [0.1, 0.15) is 23.7 Å². The Bertz CT molecular complexity index is 549. The summed E-state index contributed by atoms with van der Waals surface area (Å²) in [6.45, 7) is 4.46. The molecule has 1 aromatic heterocycles. The largest absolute Gasteiger partial charge is 0.309 e. The lowest BCUT2D eigenvalue weighted by Crippen LogP contribution is -2.33. The van der Waals surface area contributed by atoms with Crippen molar-refractivity contribution in [1.82, 2.24) is 20.0 Å². The Morgan fingerprint density at radius 1 is 1.24 bits per heavy atom. The van der Waals surface area contributed by atoms with Crippen molar-refractivity contribution < 1.29 is 0 Å². The van der Waals surface area contributed by atoms with Crippen LogP contribution in [-0.4, -0.2) is 40.9 Å². The van der Waals surface area contributed by atoms with E-state index >= 15 is 0 Å². The molecule has 1 atom stereocenters. The van der Waals surface area contributed by atoms with Crippen LogP contribution >= 0.6 is 0 Å². The number of hydrogen-bond donors (Lipinski definition) is 1. The normalized spacial score (nSPS) is 20.3. The van der Waals surface area contributed by atoms with Crippen LogP contribution in [0.3, 0.4) is 0 Å². The van der Waals surface area contributed by atoms with Crippen LogP contribution in [0.25, 0.3) is 0 Å². The Balaban J connectivity index is 1.61. The molecule has 1 N–H and O–H groups in total. The second kappa shape index (κ2) is 6.87. The smallest absolute Gasteiger partial charge is 0.0492 e. The molecule has 112 valence electrons. The topological polar surface area (TPSA) is 33.1 Å². The fraction of sp³-hybridized carbons (Fsp3) is 0.471. The van der Waals surface area contributed by atoms with Crippen LogP contribution in [0.15, 0.2) is 42.6 Å². The maximum atomic E-state index is 4.25. The summed E-state index contributed by atoms with van der Waals surface area (Å²) >= 11 is 0. The highest BCUT2D eigenvalue weighted by Gasteiger charge is 2.18. The standard InChI is InChI=1S/C17H24N4/c1-20-16(8-11-19-20)9-13-21-12-5-10-18-17(14-21)15-6-3-2-4-7-15/h2-4,6-8,11,17-18H,5,9-10,12-14H2,1H3. The van der Waals surface area contributed by atoms with Crippen molar-refractivity contribution in [3.8, 4) is 0 Å². The lowest BCUT2D eigenvalue weighted by atomic mass is 10.1. The third-order valence-corrected chi connectivity index (χ3v) is 4.29. The molecule has 0 amide bonds. The van der Waals surface area contributed by atoms with Gasteiger partial charge in [0.05, 0.1) is 0 Å². The van der Waals surface area contributed by atoms with Gasteiger partial charge in [-0.05, 0) is 31.1 Å². The Labute approximate surface area is 126 Å². The fourth-order valence-electron chi connectivity index (χ4n) is 3.02. The highest BCUT2D eigenvalue weighted by molar-refractivity contribution is 5.19. The quantitative estimate of drug-likeness (QED) is 0.932. The number of aryl methyl sites for hydroxylation is 1. The highest BCUT2D eigenvalue weighted by Crippen LogP contribution is 2.17. The first-order valence-electron chi connectivity index (χ1n) is 7.80. The summed E-state index contributed by atoms with van der Waals surface area (Å²) in [7, 11) is 2.02. The highest BCUT2D eigenvalue weighted by atomic mass is 15.3. The lowest BCUT2D eigenvalue weighted by molar-refractivity contribution is 0.270. The van der Waals surface area contributed by atoms with Gasteiger partial charge in [-0.25, -0.2) is 0 Å². The molecule has 1 aliphatic rings. The molecule has 1 aliphatic heterocycles. The molecule has 4 nitrogen and oxygen atoms in total. The zero-order valence-electron chi connectivity index (χ0n) is 12.7. The molecule has 0 aliphatic carbocycles. The summed E-state index contributed by atoms with van der Waals surface area (Å²) in [6, 6.07) is 13.3. The zero-order valence-corrected chi connectivity index (χ0v) is 12.7. The molecular weight excluding hydrogens is 260 g/mol. The third kappa shape index (κ3) is 3.71. The third-order valence-electron chi connectivity index (χ3n) is 4.29. The summed E-state index contributed by atoms with van der Waals surface area (Å²) in [6.07, 6.45) is 4.17. The predicted molar refractivity (Wildman–Crippen MR) is 85.2 cm³/mol. The van der Waals surface area contributed by atoms with Gasteiger partial charge in [-0.2, -0.15) is 5.10 Å². The van der Waals surface area contributed by atoms with Gasteiger partial charge in [-0.15, -0.1) is 0 Å². The van der Waals surface area contributed by atoms with Crippen LogP contribution in [0.5, 0.6) is 0 Å². The second-order valence-electron chi connectivity index (χ2n) is 5.77. The van der Waals surface area contributed by atoms with Crippen molar-refractivity contribution in [3.63, 3.8) is 0 Å². The van der Waals surface area contributed by atoms with Crippen molar-refractivity contribution in [2.45, 2.75) is 18.9 Å². The van der Waals surface area contributed by atoms with Gasteiger partial charge in [-0.3, -0.25) is 4.68 Å². The molecular formula is C17H24N4. The zero-order chi connectivity index (χ0) is 14.5. The average molecular weight is 284 g/mol. The van der Waals surface area contributed by atoms with Crippen LogP contribution in [-0.2, 0) is 13.5 Å². The number of nitrogens with zero attached hydrogens (tertiary/aromatic N) is 3. The van der Waals surface area contributed by atoms with Crippen molar-refractivity contribution in [2.24, 2.45) is 7.05 Å². The van der Waals surface area contributed by atoms with E-state index in [-0.39, 0.29) is 0 Å². The van der Waals surface area contributed by atoms with E-state index in [1.54, 1.807) is 0 Å². The maximum Gasteiger partial charge on any atom is 0.0492 e. The molecule has 0 saturated carbocycles. The minimum absolute atomic E-state index is 0.445. The average Bonchev–Trinajstić information content (AvgIpc) is 2.79. The first kappa shape index (κ1) is 14.3. The van der Waals surface area contributed by atoms with E-state index < -0.39 is 0 Å². The van der Waals surface area contributed by atoms with Crippen LogP contribution in [0.4, 0.5) is 0 Å². The molecule has 1 unspecified atom stereocenters. The molecule has 4 heteroatoms. The maximum absolute atomic E-state index is 4.25. The monoisotopic (exact) mass is 284 g/mol. The molecule has 3 rings (SSSR count). The van der Waals surface area contributed by atoms with E-state index in [0.29, 0.717) is 6.04 Å². The number of rotatable bonds is 4. The summed E-state index contributed by atoms with van der Waals surface area (Å²) < 4.78 is 1.98. The lowest BCUT2D eigenvalue weighted by Gasteiger charge is -2.24. The van der Waals surface area contributed by atoms with Crippen LogP contribution < -0.4 is 5.32 Å². The first-order valence-corrected chi connectivity index (χ1v) is 7.80. The number of aromatic nitrogens is 2. The van der Waals surface area contributed by atoms with Gasteiger partial charge in [0.1, 0.15) is 0 Å². The SMILES string of the molecule is Cn1nccc1CCN1CCCNC(c2ccccc2)C1. The summed E-state index contributed by atoms with van der Waals surface area (Å²) in [5.41, 5.74) is 2.70. The van der Waals surface area contributed by atoms with Gasteiger partial charge in [0.15, 0.2) is 0 Å². The molecule has 1 aromatic carbocycles. The van der Waals surface area contributed by atoms with E-state index in [1.165, 1.54) is 24.2 Å². The molecule has 0 bridgehead atoms. The molecule has 0 radical (unpaired) electrons. The van der Waals surface area contributed by atoms with E-state index in [2.05, 4.69) is 51.7 Å². The molecule has 21 heavy (non-hydrogen) atoms. The van der Waals surface area contributed by atoms with Crippen molar-refractivity contribution in [1.29, 1.82) is 0 Å². The van der Waals surface area contributed by atoms with Gasteiger partial charge < -0.3 is 10.2 Å². The Hall–Kier alpha value is -1.65. The van der Waals surface area contributed by atoms with Gasteiger partial charge in [0, 0.05) is 44.5 Å². The van der Waals surface area contributed by atoms with Gasteiger partial charge in [0.25, 0.3) is 0 Å². The van der Waals surface area contributed by atoms with E-state index in [4.69, 9.17) is 0 Å². The minimum Gasteiger partial charge on any atom is -0.309 e. The number of hydrogen-bond acceptors (Lipinski definition) is 3. The number of benzene rings is 1. The molecule has 0 spiro atoms. The van der Waals surface area contributed by atoms with E-state index in [0.717, 1.165) is 26.1 Å². The molecule has 2 aromatic rings.